The first kappa shape index (κ1) is 21.0. The summed E-state index contributed by atoms with van der Waals surface area (Å²) in [5.41, 5.74) is 4.19. The number of allylic oxidation sites excluding steroid dienone is 5. The van der Waals surface area contributed by atoms with Crippen LogP contribution < -0.4 is 0 Å². The summed E-state index contributed by atoms with van der Waals surface area (Å²) in [6, 6.07) is 17.0. The van der Waals surface area contributed by atoms with Gasteiger partial charge in [0.2, 0.25) is 0 Å². The molecule has 0 aliphatic heterocycles. The molecule has 0 amide bonds. The van der Waals surface area contributed by atoms with Gasteiger partial charge in [0.05, 0.1) is 25.3 Å². The van der Waals surface area contributed by atoms with Gasteiger partial charge in [0, 0.05) is 12.0 Å². The summed E-state index contributed by atoms with van der Waals surface area (Å²) in [6.07, 6.45) is 8.95. The summed E-state index contributed by atoms with van der Waals surface area (Å²) in [4.78, 5) is 6.25. The summed E-state index contributed by atoms with van der Waals surface area (Å²) >= 11 is 0. The number of benzene rings is 1. The summed E-state index contributed by atoms with van der Waals surface area (Å²) in [5.74, 6) is 2.51. The Kier molecular flexibility index (Phi) is 5.86. The van der Waals surface area contributed by atoms with Crippen LogP contribution in [-0.2, 0) is 6.42 Å². The van der Waals surface area contributed by atoms with E-state index in [1.165, 1.54) is 12.2 Å². The summed E-state index contributed by atoms with van der Waals surface area (Å²) in [6.45, 7) is 13.9. The van der Waals surface area contributed by atoms with Gasteiger partial charge in [-0.15, -0.1) is 0 Å². The fraction of sp³-hybridized carbons (Fsp3) is 0.0370. The van der Waals surface area contributed by atoms with Crippen LogP contribution in [0.15, 0.2) is 74.8 Å². The van der Waals surface area contributed by atoms with E-state index in [2.05, 4.69) is 21.8 Å². The molecule has 0 saturated carbocycles. The number of nitriles is 2. The Labute approximate surface area is 190 Å². The highest BCUT2D eigenvalue weighted by molar-refractivity contribution is 5.88. The lowest BCUT2D eigenvalue weighted by Crippen LogP contribution is -1.85. The molecule has 0 unspecified atom stereocenters. The van der Waals surface area contributed by atoms with Crippen LogP contribution in [0.4, 0.5) is 0 Å². The van der Waals surface area contributed by atoms with Crippen LogP contribution in [0.25, 0.3) is 44.8 Å². The number of nitrogens with zero attached hydrogens (tertiary/aromatic N) is 4. The molecule has 3 aromatic rings. The molecule has 0 spiro atoms. The molecule has 4 rings (SSSR count). The number of rotatable bonds is 5. The maximum absolute atomic E-state index is 8.91. The number of hydrogen-bond acceptors (Lipinski definition) is 4. The standard InChI is InChI=1S/C27H14N4O2/c1-30-22(16-28)4-3-5-24-8-10-26(32-24)19-7-6-18-12-21(14-20(18)13-19)27-11-9-25(33-27)15-23(17-29)31-2/h3-13,15H,14H2/b5-3+,22-4-,23-15+. The van der Waals surface area contributed by atoms with E-state index in [4.69, 9.17) is 32.5 Å². The quantitative estimate of drug-likeness (QED) is 0.256. The van der Waals surface area contributed by atoms with Crippen LogP contribution in [0, 0.1) is 35.8 Å². The van der Waals surface area contributed by atoms with E-state index in [0.29, 0.717) is 29.5 Å². The Morgan fingerprint density at radius 2 is 1.64 bits per heavy atom. The molecule has 0 atom stereocenters. The second-order valence-corrected chi connectivity index (χ2v) is 7.05. The van der Waals surface area contributed by atoms with E-state index in [-0.39, 0.29) is 11.4 Å². The third-order valence-electron chi connectivity index (χ3n) is 4.97. The smallest absolute Gasteiger partial charge is 0.265 e. The van der Waals surface area contributed by atoms with Crippen molar-refractivity contribution in [3.63, 3.8) is 0 Å². The molecule has 6 heteroatoms. The lowest BCUT2D eigenvalue weighted by atomic mass is 10.0. The topological polar surface area (TPSA) is 82.6 Å². The van der Waals surface area contributed by atoms with Gasteiger partial charge in [-0.25, -0.2) is 20.2 Å². The highest BCUT2D eigenvalue weighted by Crippen LogP contribution is 2.35. The van der Waals surface area contributed by atoms with Crippen molar-refractivity contribution in [1.82, 2.24) is 0 Å². The van der Waals surface area contributed by atoms with Crippen molar-refractivity contribution in [2.24, 2.45) is 0 Å². The first-order valence-corrected chi connectivity index (χ1v) is 9.82. The minimum atomic E-state index is -0.0233. The zero-order chi connectivity index (χ0) is 23.2. The average molecular weight is 426 g/mol. The SMILES string of the molecule is [C-]#[N+]/C(C#N)=C\C=C\c1ccc(-c2ccc3c(c2)CC(c2ccc(/C=C(\C#N)[N+]#[C-])o2)=C3)o1. The van der Waals surface area contributed by atoms with Crippen molar-refractivity contribution in [3.8, 4) is 23.5 Å². The Bertz CT molecular complexity index is 1500. The van der Waals surface area contributed by atoms with E-state index in [1.54, 1.807) is 18.2 Å². The fourth-order valence-corrected chi connectivity index (χ4v) is 3.41. The van der Waals surface area contributed by atoms with Gasteiger partial charge in [-0.3, -0.25) is 0 Å². The van der Waals surface area contributed by atoms with E-state index >= 15 is 0 Å². The molecular weight excluding hydrogens is 412 g/mol. The molecule has 154 valence electrons. The maximum Gasteiger partial charge on any atom is 0.265 e. The molecular formula is C27H14N4O2. The van der Waals surface area contributed by atoms with Gasteiger partial charge in [-0.2, -0.15) is 0 Å². The molecule has 33 heavy (non-hydrogen) atoms. The lowest BCUT2D eigenvalue weighted by Gasteiger charge is -2.02. The molecule has 6 nitrogen and oxygen atoms in total. The Hall–Kier alpha value is -5.30. The van der Waals surface area contributed by atoms with E-state index in [0.717, 1.165) is 22.3 Å². The van der Waals surface area contributed by atoms with Crippen molar-refractivity contribution in [2.75, 3.05) is 0 Å². The minimum Gasteiger partial charge on any atom is -0.458 e. The summed E-state index contributed by atoms with van der Waals surface area (Å²) in [5, 5.41) is 17.7. The van der Waals surface area contributed by atoms with Crippen LogP contribution in [0.3, 0.4) is 0 Å². The largest absolute Gasteiger partial charge is 0.458 e. The van der Waals surface area contributed by atoms with Crippen LogP contribution in [0.5, 0.6) is 0 Å². The first-order valence-electron chi connectivity index (χ1n) is 9.82. The van der Waals surface area contributed by atoms with Gasteiger partial charge in [0.25, 0.3) is 11.4 Å². The highest BCUT2D eigenvalue weighted by atomic mass is 16.3. The highest BCUT2D eigenvalue weighted by Gasteiger charge is 2.18. The molecule has 0 saturated heterocycles. The van der Waals surface area contributed by atoms with Gasteiger partial charge in [-0.1, -0.05) is 18.2 Å². The Morgan fingerprint density at radius 3 is 2.39 bits per heavy atom. The molecule has 1 aromatic carbocycles. The monoisotopic (exact) mass is 426 g/mol. The zero-order valence-corrected chi connectivity index (χ0v) is 17.2. The molecule has 0 bridgehead atoms. The van der Waals surface area contributed by atoms with Gasteiger partial charge >= 0.3 is 0 Å². The maximum atomic E-state index is 8.91. The van der Waals surface area contributed by atoms with E-state index in [1.807, 2.05) is 42.5 Å². The van der Waals surface area contributed by atoms with Gasteiger partial charge in [0.15, 0.2) is 0 Å². The van der Waals surface area contributed by atoms with Crippen LogP contribution >= 0.6 is 0 Å². The molecule has 0 fully saturated rings. The zero-order valence-electron chi connectivity index (χ0n) is 17.2. The minimum absolute atomic E-state index is 0.0107. The predicted octanol–water partition coefficient (Wildman–Crippen LogP) is 6.76. The molecule has 2 heterocycles. The fourth-order valence-electron chi connectivity index (χ4n) is 3.41. The van der Waals surface area contributed by atoms with Gasteiger partial charge < -0.3 is 8.83 Å². The summed E-state index contributed by atoms with van der Waals surface area (Å²) in [7, 11) is 0. The number of hydrogen-bond donors (Lipinski definition) is 0. The normalized spacial score (nSPS) is 13.0. The predicted molar refractivity (Wildman–Crippen MR) is 124 cm³/mol. The van der Waals surface area contributed by atoms with Gasteiger partial charge in [-0.05, 0) is 71.3 Å². The molecule has 0 N–H and O–H groups in total. The Balaban J connectivity index is 1.50. The van der Waals surface area contributed by atoms with E-state index < -0.39 is 0 Å². The molecule has 2 aromatic heterocycles. The second-order valence-electron chi connectivity index (χ2n) is 7.05. The van der Waals surface area contributed by atoms with Gasteiger partial charge in [0.1, 0.15) is 23.0 Å². The third kappa shape index (κ3) is 4.57. The van der Waals surface area contributed by atoms with Crippen molar-refractivity contribution < 1.29 is 8.83 Å². The van der Waals surface area contributed by atoms with E-state index in [9.17, 15) is 0 Å². The van der Waals surface area contributed by atoms with Crippen molar-refractivity contribution >= 4 is 23.8 Å². The van der Waals surface area contributed by atoms with Crippen molar-refractivity contribution in [1.29, 1.82) is 10.5 Å². The molecule has 0 radical (unpaired) electrons. The molecule has 1 aliphatic rings. The second kappa shape index (κ2) is 9.23. The van der Waals surface area contributed by atoms with Crippen LogP contribution in [-0.4, -0.2) is 0 Å². The Morgan fingerprint density at radius 1 is 0.909 bits per heavy atom. The van der Waals surface area contributed by atoms with Crippen LogP contribution in [0.1, 0.15) is 28.4 Å². The molecule has 1 aliphatic carbocycles. The lowest BCUT2D eigenvalue weighted by molar-refractivity contribution is 0.542. The number of furan rings is 2. The third-order valence-corrected chi connectivity index (χ3v) is 4.97. The van der Waals surface area contributed by atoms with Crippen molar-refractivity contribution in [3.05, 3.63) is 117 Å². The summed E-state index contributed by atoms with van der Waals surface area (Å²) < 4.78 is 11.7. The average Bonchev–Trinajstić information content (AvgIpc) is 3.59. The van der Waals surface area contributed by atoms with Crippen LogP contribution in [0.2, 0.25) is 0 Å². The first-order chi connectivity index (χ1) is 16.1. The number of fused-ring (bicyclic) bond motifs is 1. The van der Waals surface area contributed by atoms with Crippen molar-refractivity contribution in [2.45, 2.75) is 6.42 Å².